The van der Waals surface area contributed by atoms with E-state index in [4.69, 9.17) is 15.2 Å². The Balaban J connectivity index is 0.00000225. The average Bonchev–Trinajstić information content (AvgIpc) is 2.86. The molecule has 0 spiro atoms. The number of amides is 1. The summed E-state index contributed by atoms with van der Waals surface area (Å²) in [6.07, 6.45) is 3.56. The largest absolute Gasteiger partial charge is 0.490 e. The van der Waals surface area contributed by atoms with Gasteiger partial charge in [0.25, 0.3) is 0 Å². The number of hydrogen-bond acceptors (Lipinski definition) is 5. The van der Waals surface area contributed by atoms with Crippen molar-refractivity contribution >= 4 is 30.1 Å². The Bertz CT molecular complexity index is 565. The Morgan fingerprint density at radius 1 is 1.20 bits per heavy atom. The van der Waals surface area contributed by atoms with Crippen molar-refractivity contribution in [2.45, 2.75) is 30.6 Å². The van der Waals surface area contributed by atoms with Crippen LogP contribution in [-0.4, -0.2) is 49.4 Å². The molecule has 3 rings (SSSR count). The molecule has 1 fully saturated rings. The number of thioether (sulfide) groups is 1. The van der Waals surface area contributed by atoms with E-state index in [1.807, 2.05) is 23.1 Å². The molecule has 140 valence electrons. The molecule has 0 bridgehead atoms. The number of carbonyl (C=O) groups is 1. The summed E-state index contributed by atoms with van der Waals surface area (Å²) in [7, 11) is 0. The minimum atomic E-state index is 0. The van der Waals surface area contributed by atoms with Gasteiger partial charge in [-0.1, -0.05) is 0 Å². The number of fused-ring (bicyclic) bond motifs is 1. The van der Waals surface area contributed by atoms with Gasteiger partial charge in [0.15, 0.2) is 11.5 Å². The van der Waals surface area contributed by atoms with E-state index in [2.05, 4.69) is 0 Å². The van der Waals surface area contributed by atoms with Crippen LogP contribution >= 0.6 is 24.2 Å². The number of benzene rings is 1. The van der Waals surface area contributed by atoms with Crippen molar-refractivity contribution in [1.82, 2.24) is 4.90 Å². The fraction of sp³-hybridized carbons (Fsp3) is 0.611. The molecule has 7 heteroatoms. The number of rotatable bonds is 5. The van der Waals surface area contributed by atoms with Crippen molar-refractivity contribution < 1.29 is 14.3 Å². The summed E-state index contributed by atoms with van der Waals surface area (Å²) in [4.78, 5) is 15.4. The van der Waals surface area contributed by atoms with Gasteiger partial charge in [0.2, 0.25) is 5.91 Å². The fourth-order valence-corrected chi connectivity index (χ4v) is 3.93. The second-order valence-electron chi connectivity index (χ2n) is 6.32. The maximum absolute atomic E-state index is 12.3. The average molecular weight is 387 g/mol. The molecule has 0 radical (unpaired) electrons. The highest BCUT2D eigenvalue weighted by atomic mass is 35.5. The first-order valence-electron chi connectivity index (χ1n) is 8.76. The van der Waals surface area contributed by atoms with Crippen LogP contribution in [-0.2, 0) is 4.79 Å². The number of nitrogens with two attached hydrogens (primary N) is 1. The summed E-state index contributed by atoms with van der Waals surface area (Å²) in [6.45, 7) is 3.85. The van der Waals surface area contributed by atoms with E-state index in [0.29, 0.717) is 25.6 Å². The molecule has 1 aromatic carbocycles. The molecule has 0 unspecified atom stereocenters. The van der Waals surface area contributed by atoms with Crippen LogP contribution in [0, 0.1) is 5.92 Å². The zero-order chi connectivity index (χ0) is 16.8. The molecule has 0 saturated carbocycles. The normalized spacial score (nSPS) is 17.6. The van der Waals surface area contributed by atoms with E-state index in [0.717, 1.165) is 61.0 Å². The Kier molecular flexibility index (Phi) is 8.19. The number of piperidine rings is 1. The van der Waals surface area contributed by atoms with Crippen molar-refractivity contribution in [3.8, 4) is 11.5 Å². The van der Waals surface area contributed by atoms with Gasteiger partial charge in [-0.3, -0.25) is 4.79 Å². The van der Waals surface area contributed by atoms with Crippen molar-refractivity contribution in [1.29, 1.82) is 0 Å². The maximum Gasteiger partial charge on any atom is 0.223 e. The number of hydrogen-bond donors (Lipinski definition) is 1. The van der Waals surface area contributed by atoms with Gasteiger partial charge in [0.1, 0.15) is 0 Å². The van der Waals surface area contributed by atoms with Gasteiger partial charge in [-0.15, -0.1) is 24.2 Å². The number of ether oxygens (including phenoxy) is 2. The highest BCUT2D eigenvalue weighted by Crippen LogP contribution is 2.34. The van der Waals surface area contributed by atoms with E-state index >= 15 is 0 Å². The van der Waals surface area contributed by atoms with Crippen LogP contribution in [0.1, 0.15) is 25.7 Å². The monoisotopic (exact) mass is 386 g/mol. The van der Waals surface area contributed by atoms with Gasteiger partial charge in [0, 0.05) is 36.6 Å². The quantitative estimate of drug-likeness (QED) is 0.788. The van der Waals surface area contributed by atoms with E-state index in [-0.39, 0.29) is 18.3 Å². The lowest BCUT2D eigenvalue weighted by Crippen LogP contribution is -2.40. The molecule has 1 amide bonds. The Morgan fingerprint density at radius 3 is 2.64 bits per heavy atom. The zero-order valence-electron chi connectivity index (χ0n) is 14.4. The smallest absolute Gasteiger partial charge is 0.223 e. The molecule has 0 atom stereocenters. The lowest BCUT2D eigenvalue weighted by molar-refractivity contribution is -0.132. The summed E-state index contributed by atoms with van der Waals surface area (Å²) in [5, 5.41) is 0. The fourth-order valence-electron chi connectivity index (χ4n) is 3.07. The molecule has 2 N–H and O–H groups in total. The van der Waals surface area contributed by atoms with Gasteiger partial charge in [-0.25, -0.2) is 0 Å². The van der Waals surface area contributed by atoms with Crippen LogP contribution in [0.3, 0.4) is 0 Å². The first kappa shape index (κ1) is 20.2. The van der Waals surface area contributed by atoms with Gasteiger partial charge in [-0.05, 0) is 43.5 Å². The minimum absolute atomic E-state index is 0. The Morgan fingerprint density at radius 2 is 1.92 bits per heavy atom. The van der Waals surface area contributed by atoms with E-state index in [1.54, 1.807) is 11.8 Å². The summed E-state index contributed by atoms with van der Waals surface area (Å²) in [5.41, 5.74) is 5.70. The van der Waals surface area contributed by atoms with Crippen molar-refractivity contribution in [2.75, 3.05) is 38.6 Å². The van der Waals surface area contributed by atoms with Crippen LogP contribution in [0.2, 0.25) is 0 Å². The van der Waals surface area contributed by atoms with Crippen LogP contribution in [0.5, 0.6) is 11.5 Å². The Hall–Kier alpha value is -1.11. The predicted molar refractivity (Wildman–Crippen MR) is 103 cm³/mol. The molecular formula is C18H27ClN2O3S. The molecular weight excluding hydrogens is 360 g/mol. The SMILES string of the molecule is Cl.NCC1CCN(C(=O)CCSc2ccc3c(c2)OCCCO3)CC1. The highest BCUT2D eigenvalue weighted by Gasteiger charge is 2.21. The molecule has 5 nitrogen and oxygen atoms in total. The first-order chi connectivity index (χ1) is 11.8. The van der Waals surface area contributed by atoms with Gasteiger partial charge < -0.3 is 20.1 Å². The summed E-state index contributed by atoms with van der Waals surface area (Å²) < 4.78 is 11.3. The summed E-state index contributed by atoms with van der Waals surface area (Å²) in [6, 6.07) is 6.01. The van der Waals surface area contributed by atoms with Crippen LogP contribution in [0.15, 0.2) is 23.1 Å². The third-order valence-corrected chi connectivity index (χ3v) is 5.60. The molecule has 0 aliphatic carbocycles. The number of carbonyl (C=O) groups excluding carboxylic acids is 1. The van der Waals surface area contributed by atoms with Gasteiger partial charge in [0.05, 0.1) is 13.2 Å². The molecule has 25 heavy (non-hydrogen) atoms. The standard InChI is InChI=1S/C18H26N2O3S.ClH/c19-13-14-4-7-20(8-5-14)18(21)6-11-24-15-2-3-16-17(12-15)23-10-1-9-22-16;/h2-3,12,14H,1,4-11,13,19H2;1H. The number of nitrogens with zero attached hydrogens (tertiary/aromatic N) is 1. The molecule has 0 aromatic heterocycles. The highest BCUT2D eigenvalue weighted by molar-refractivity contribution is 7.99. The van der Waals surface area contributed by atoms with Gasteiger partial charge >= 0.3 is 0 Å². The lowest BCUT2D eigenvalue weighted by atomic mass is 9.97. The molecule has 1 saturated heterocycles. The third-order valence-electron chi connectivity index (χ3n) is 4.60. The second-order valence-corrected chi connectivity index (χ2v) is 7.49. The Labute approximate surface area is 160 Å². The molecule has 2 aliphatic rings. The first-order valence-corrected chi connectivity index (χ1v) is 9.75. The topological polar surface area (TPSA) is 64.8 Å². The van der Waals surface area contributed by atoms with Crippen LogP contribution < -0.4 is 15.2 Å². The zero-order valence-corrected chi connectivity index (χ0v) is 16.1. The molecule has 2 heterocycles. The van der Waals surface area contributed by atoms with E-state index in [1.165, 1.54) is 0 Å². The summed E-state index contributed by atoms with van der Waals surface area (Å²) >= 11 is 1.69. The predicted octanol–water partition coefficient (Wildman–Crippen LogP) is 2.95. The maximum atomic E-state index is 12.3. The third kappa shape index (κ3) is 5.69. The minimum Gasteiger partial charge on any atom is -0.490 e. The second kappa shape index (κ2) is 10.1. The lowest BCUT2D eigenvalue weighted by Gasteiger charge is -2.31. The molecule has 2 aliphatic heterocycles. The van der Waals surface area contributed by atoms with Gasteiger partial charge in [-0.2, -0.15) is 0 Å². The number of halogens is 1. The van der Waals surface area contributed by atoms with Crippen molar-refractivity contribution in [3.63, 3.8) is 0 Å². The summed E-state index contributed by atoms with van der Waals surface area (Å²) in [5.74, 6) is 3.26. The van der Waals surface area contributed by atoms with E-state index < -0.39 is 0 Å². The van der Waals surface area contributed by atoms with E-state index in [9.17, 15) is 4.79 Å². The van der Waals surface area contributed by atoms with Crippen molar-refractivity contribution in [3.05, 3.63) is 18.2 Å². The number of likely N-dealkylation sites (tertiary alicyclic amines) is 1. The van der Waals surface area contributed by atoms with Crippen LogP contribution in [0.25, 0.3) is 0 Å². The van der Waals surface area contributed by atoms with Crippen molar-refractivity contribution in [2.24, 2.45) is 11.7 Å². The van der Waals surface area contributed by atoms with Crippen LogP contribution in [0.4, 0.5) is 0 Å². The molecule has 1 aromatic rings.